The molecule has 0 bridgehead atoms. The molecule has 0 atom stereocenters. The Kier molecular flexibility index (Phi) is 4.05. The van der Waals surface area contributed by atoms with E-state index >= 15 is 0 Å². The van der Waals surface area contributed by atoms with Gasteiger partial charge in [0, 0.05) is 6.20 Å². The fourth-order valence-electron chi connectivity index (χ4n) is 1.61. The second kappa shape index (κ2) is 5.54. The molecule has 90 valence electrons. The van der Waals surface area contributed by atoms with Crippen LogP contribution in [0.15, 0.2) is 30.6 Å². The quantitative estimate of drug-likeness (QED) is 0.928. The minimum Gasteiger partial charge on any atom is -0.330 e. The van der Waals surface area contributed by atoms with E-state index in [1.807, 2.05) is 29.2 Å². The molecule has 1 aromatic heterocycles. The molecule has 0 aliphatic rings. The first-order chi connectivity index (χ1) is 8.19. The van der Waals surface area contributed by atoms with E-state index < -0.39 is 0 Å². The van der Waals surface area contributed by atoms with Crippen LogP contribution in [0.1, 0.15) is 11.1 Å². The molecule has 5 heteroatoms. The lowest BCUT2D eigenvalue weighted by molar-refractivity contribution is 0.686. The van der Waals surface area contributed by atoms with Gasteiger partial charge in [-0.25, -0.2) is 0 Å². The fraction of sp³-hybridized carbons (Fsp3) is 0.250. The lowest BCUT2D eigenvalue weighted by Gasteiger charge is -2.03. The van der Waals surface area contributed by atoms with Crippen LogP contribution in [0.5, 0.6) is 0 Å². The van der Waals surface area contributed by atoms with E-state index in [9.17, 15) is 0 Å². The summed E-state index contributed by atoms with van der Waals surface area (Å²) in [6.07, 6.45) is 4.68. The topological polar surface area (TPSA) is 43.8 Å². The lowest BCUT2D eigenvalue weighted by atomic mass is 10.2. The average Bonchev–Trinajstić information content (AvgIpc) is 2.72. The van der Waals surface area contributed by atoms with Gasteiger partial charge in [0.15, 0.2) is 0 Å². The molecule has 2 N–H and O–H groups in total. The van der Waals surface area contributed by atoms with E-state index in [1.54, 1.807) is 6.07 Å². The molecule has 2 aromatic rings. The summed E-state index contributed by atoms with van der Waals surface area (Å²) in [6.45, 7) is 1.32. The number of nitrogens with two attached hydrogens (primary N) is 1. The van der Waals surface area contributed by atoms with Crippen molar-refractivity contribution in [2.24, 2.45) is 5.73 Å². The number of hydrogen-bond donors (Lipinski definition) is 1. The third kappa shape index (κ3) is 3.22. The summed E-state index contributed by atoms with van der Waals surface area (Å²) in [4.78, 5) is 0. The number of aromatic nitrogens is 2. The summed E-state index contributed by atoms with van der Waals surface area (Å²) in [5.74, 6) is 0. The third-order valence-electron chi connectivity index (χ3n) is 2.45. The highest BCUT2D eigenvalue weighted by Crippen LogP contribution is 2.22. The third-order valence-corrected chi connectivity index (χ3v) is 3.19. The Morgan fingerprint density at radius 3 is 2.71 bits per heavy atom. The van der Waals surface area contributed by atoms with Gasteiger partial charge in [-0.15, -0.1) is 0 Å². The minimum absolute atomic E-state index is 0.568. The average molecular weight is 270 g/mol. The highest BCUT2D eigenvalue weighted by molar-refractivity contribution is 6.42. The Hall–Kier alpha value is -1.03. The second-order valence-electron chi connectivity index (χ2n) is 3.83. The predicted octanol–water partition coefficient (Wildman–Crippen LogP) is 2.74. The second-order valence-corrected chi connectivity index (χ2v) is 4.65. The van der Waals surface area contributed by atoms with Crippen LogP contribution >= 0.6 is 23.2 Å². The molecule has 1 heterocycles. The molecule has 0 radical (unpaired) electrons. The van der Waals surface area contributed by atoms with E-state index in [0.717, 1.165) is 17.5 Å². The zero-order valence-corrected chi connectivity index (χ0v) is 10.7. The largest absolute Gasteiger partial charge is 0.330 e. The minimum atomic E-state index is 0.568. The first-order valence-corrected chi connectivity index (χ1v) is 6.10. The zero-order valence-electron chi connectivity index (χ0n) is 9.24. The highest BCUT2D eigenvalue weighted by Gasteiger charge is 2.02. The fourth-order valence-corrected chi connectivity index (χ4v) is 1.93. The van der Waals surface area contributed by atoms with E-state index in [4.69, 9.17) is 28.9 Å². The van der Waals surface area contributed by atoms with Crippen molar-refractivity contribution in [2.45, 2.75) is 13.0 Å². The molecule has 0 saturated heterocycles. The Morgan fingerprint density at radius 1 is 1.18 bits per heavy atom. The Labute approximate surface area is 110 Å². The van der Waals surface area contributed by atoms with Crippen LogP contribution in [-0.2, 0) is 13.0 Å². The molecular weight excluding hydrogens is 257 g/mol. The molecule has 0 saturated carbocycles. The summed E-state index contributed by atoms with van der Waals surface area (Å²) in [5.41, 5.74) is 7.71. The van der Waals surface area contributed by atoms with E-state index in [1.165, 1.54) is 0 Å². The zero-order chi connectivity index (χ0) is 12.3. The van der Waals surface area contributed by atoms with Crippen LogP contribution < -0.4 is 5.73 Å². The van der Waals surface area contributed by atoms with Gasteiger partial charge in [-0.2, -0.15) is 5.10 Å². The molecule has 0 unspecified atom stereocenters. The van der Waals surface area contributed by atoms with Crippen molar-refractivity contribution < 1.29 is 0 Å². The Morgan fingerprint density at radius 2 is 2.00 bits per heavy atom. The van der Waals surface area contributed by atoms with Gasteiger partial charge in [-0.1, -0.05) is 29.3 Å². The molecule has 1 aromatic carbocycles. The summed E-state index contributed by atoms with van der Waals surface area (Å²) < 4.78 is 1.87. The number of benzene rings is 1. The monoisotopic (exact) mass is 269 g/mol. The van der Waals surface area contributed by atoms with E-state index in [-0.39, 0.29) is 0 Å². The summed E-state index contributed by atoms with van der Waals surface area (Å²) >= 11 is 11.8. The van der Waals surface area contributed by atoms with Gasteiger partial charge in [0.05, 0.1) is 22.8 Å². The Balaban J connectivity index is 2.11. The first-order valence-electron chi connectivity index (χ1n) is 5.34. The van der Waals surface area contributed by atoms with Crippen LogP contribution in [0.2, 0.25) is 10.0 Å². The number of nitrogens with zero attached hydrogens (tertiary/aromatic N) is 2. The number of halogens is 2. The van der Waals surface area contributed by atoms with Gasteiger partial charge in [0.25, 0.3) is 0 Å². The molecule has 0 fully saturated rings. The van der Waals surface area contributed by atoms with Gasteiger partial charge in [-0.05, 0) is 36.2 Å². The number of hydrogen-bond acceptors (Lipinski definition) is 2. The van der Waals surface area contributed by atoms with Gasteiger partial charge < -0.3 is 5.73 Å². The van der Waals surface area contributed by atoms with E-state index in [2.05, 4.69) is 5.10 Å². The summed E-state index contributed by atoms with van der Waals surface area (Å²) in [7, 11) is 0. The van der Waals surface area contributed by atoms with Crippen molar-refractivity contribution in [1.82, 2.24) is 9.78 Å². The maximum Gasteiger partial charge on any atom is 0.0660 e. The summed E-state index contributed by atoms with van der Waals surface area (Å²) in [6, 6.07) is 5.59. The van der Waals surface area contributed by atoms with Crippen LogP contribution in [0, 0.1) is 0 Å². The molecule has 0 aliphatic carbocycles. The van der Waals surface area contributed by atoms with Crippen molar-refractivity contribution in [3.8, 4) is 0 Å². The van der Waals surface area contributed by atoms with Crippen molar-refractivity contribution in [3.05, 3.63) is 51.8 Å². The van der Waals surface area contributed by atoms with Crippen LogP contribution in [0.3, 0.4) is 0 Å². The lowest BCUT2D eigenvalue weighted by Crippen LogP contribution is -2.02. The Bertz CT molecular complexity index is 508. The van der Waals surface area contributed by atoms with Gasteiger partial charge in [0.2, 0.25) is 0 Å². The molecule has 0 spiro atoms. The smallest absolute Gasteiger partial charge is 0.0660 e. The first kappa shape index (κ1) is 12.4. The molecule has 17 heavy (non-hydrogen) atoms. The molecule has 0 aliphatic heterocycles. The molecule has 0 amide bonds. The van der Waals surface area contributed by atoms with Crippen LogP contribution in [-0.4, -0.2) is 16.3 Å². The van der Waals surface area contributed by atoms with Crippen molar-refractivity contribution in [3.63, 3.8) is 0 Å². The summed E-state index contributed by atoms with van der Waals surface area (Å²) in [5, 5.41) is 5.40. The molecular formula is C12H13Cl2N3. The molecule has 2 rings (SSSR count). The predicted molar refractivity (Wildman–Crippen MR) is 70.5 cm³/mol. The van der Waals surface area contributed by atoms with E-state index in [0.29, 0.717) is 23.1 Å². The van der Waals surface area contributed by atoms with Gasteiger partial charge in [0.1, 0.15) is 0 Å². The molecule has 3 nitrogen and oxygen atoms in total. The van der Waals surface area contributed by atoms with Gasteiger partial charge >= 0.3 is 0 Å². The maximum atomic E-state index is 5.96. The van der Waals surface area contributed by atoms with Crippen molar-refractivity contribution in [2.75, 3.05) is 6.54 Å². The van der Waals surface area contributed by atoms with Crippen LogP contribution in [0.4, 0.5) is 0 Å². The SMILES string of the molecule is NCCc1cnn(Cc2ccc(Cl)c(Cl)c2)c1. The van der Waals surface area contributed by atoms with Crippen LogP contribution in [0.25, 0.3) is 0 Å². The van der Waals surface area contributed by atoms with Crippen molar-refractivity contribution >= 4 is 23.2 Å². The van der Waals surface area contributed by atoms with Crippen molar-refractivity contribution in [1.29, 1.82) is 0 Å². The van der Waals surface area contributed by atoms with Gasteiger partial charge in [-0.3, -0.25) is 4.68 Å². The highest BCUT2D eigenvalue weighted by atomic mass is 35.5. The maximum absolute atomic E-state index is 5.96. The normalized spacial score (nSPS) is 10.8. The standard InChI is InChI=1S/C12H13Cl2N3/c13-11-2-1-9(5-12(11)14)7-17-8-10(3-4-15)6-16-17/h1-2,5-6,8H,3-4,7,15H2. The number of rotatable bonds is 4.